The average molecular weight is 198 g/mol. The van der Waals surface area contributed by atoms with Crippen LogP contribution in [0.4, 0.5) is 0 Å². The Morgan fingerprint density at radius 3 is 2.71 bits per heavy atom. The minimum absolute atomic E-state index is 0.310. The molecular formula is C11H22N2O. The van der Waals surface area contributed by atoms with Gasteiger partial charge in [0, 0.05) is 32.3 Å². The van der Waals surface area contributed by atoms with Crippen LogP contribution in [0.5, 0.6) is 0 Å². The van der Waals surface area contributed by atoms with Gasteiger partial charge in [0.25, 0.3) is 0 Å². The van der Waals surface area contributed by atoms with E-state index in [4.69, 9.17) is 10.5 Å². The highest BCUT2D eigenvalue weighted by atomic mass is 16.5. The van der Waals surface area contributed by atoms with Crippen LogP contribution in [0.25, 0.3) is 0 Å². The van der Waals surface area contributed by atoms with Gasteiger partial charge in [-0.15, -0.1) is 0 Å². The van der Waals surface area contributed by atoms with E-state index < -0.39 is 0 Å². The van der Waals surface area contributed by atoms with Crippen molar-refractivity contribution < 1.29 is 4.74 Å². The van der Waals surface area contributed by atoms with Gasteiger partial charge in [0.1, 0.15) is 0 Å². The maximum atomic E-state index is 5.82. The molecule has 0 aromatic carbocycles. The molecule has 14 heavy (non-hydrogen) atoms. The van der Waals surface area contributed by atoms with Gasteiger partial charge in [-0.05, 0) is 38.1 Å². The Hall–Kier alpha value is -0.120. The molecule has 2 fully saturated rings. The van der Waals surface area contributed by atoms with Gasteiger partial charge in [0.05, 0.1) is 0 Å². The first kappa shape index (κ1) is 10.4. The molecule has 3 heteroatoms. The van der Waals surface area contributed by atoms with E-state index >= 15 is 0 Å². The fourth-order valence-electron chi connectivity index (χ4n) is 2.80. The van der Waals surface area contributed by atoms with E-state index in [9.17, 15) is 0 Å². The summed E-state index contributed by atoms with van der Waals surface area (Å²) < 4.78 is 5.43. The molecule has 0 aromatic heterocycles. The van der Waals surface area contributed by atoms with Crippen molar-refractivity contribution in [2.45, 2.75) is 32.2 Å². The Balaban J connectivity index is 1.86. The molecule has 0 radical (unpaired) electrons. The summed E-state index contributed by atoms with van der Waals surface area (Å²) in [6.07, 6.45) is 3.86. The largest absolute Gasteiger partial charge is 0.381 e. The summed E-state index contributed by atoms with van der Waals surface area (Å²) >= 11 is 0. The molecule has 82 valence electrons. The lowest BCUT2D eigenvalue weighted by molar-refractivity contribution is 0.0192. The normalized spacial score (nSPS) is 29.6. The van der Waals surface area contributed by atoms with Crippen LogP contribution < -0.4 is 5.73 Å². The molecule has 0 saturated carbocycles. The molecule has 0 aliphatic carbocycles. The van der Waals surface area contributed by atoms with Crippen LogP contribution in [-0.4, -0.2) is 43.8 Å². The van der Waals surface area contributed by atoms with Crippen molar-refractivity contribution in [3.8, 4) is 0 Å². The van der Waals surface area contributed by atoms with Crippen molar-refractivity contribution >= 4 is 0 Å². The predicted octanol–water partition coefficient (Wildman–Crippen LogP) is 0.836. The van der Waals surface area contributed by atoms with Crippen LogP contribution in [0.2, 0.25) is 0 Å². The maximum Gasteiger partial charge on any atom is 0.0471 e. The van der Waals surface area contributed by atoms with Crippen molar-refractivity contribution in [3.05, 3.63) is 0 Å². The molecule has 1 spiro atoms. The molecular weight excluding hydrogens is 176 g/mol. The summed E-state index contributed by atoms with van der Waals surface area (Å²) in [6, 6.07) is 0.310. The molecule has 2 saturated heterocycles. The Morgan fingerprint density at radius 2 is 2.07 bits per heavy atom. The van der Waals surface area contributed by atoms with Crippen LogP contribution in [0.1, 0.15) is 26.2 Å². The van der Waals surface area contributed by atoms with Crippen LogP contribution in [0, 0.1) is 5.41 Å². The predicted molar refractivity (Wildman–Crippen MR) is 57.2 cm³/mol. The van der Waals surface area contributed by atoms with E-state index in [1.54, 1.807) is 0 Å². The summed E-state index contributed by atoms with van der Waals surface area (Å²) in [5.41, 5.74) is 6.40. The second-order valence-corrected chi connectivity index (χ2v) is 5.07. The van der Waals surface area contributed by atoms with Crippen molar-refractivity contribution in [2.75, 3.05) is 32.8 Å². The first-order valence-electron chi connectivity index (χ1n) is 5.76. The van der Waals surface area contributed by atoms with Crippen molar-refractivity contribution in [3.63, 3.8) is 0 Å². The minimum atomic E-state index is 0.310. The van der Waals surface area contributed by atoms with E-state index in [0.717, 1.165) is 19.8 Å². The van der Waals surface area contributed by atoms with E-state index in [-0.39, 0.29) is 0 Å². The zero-order valence-electron chi connectivity index (χ0n) is 9.17. The number of likely N-dealkylation sites (tertiary alicyclic amines) is 1. The van der Waals surface area contributed by atoms with Crippen LogP contribution >= 0.6 is 0 Å². The Kier molecular flexibility index (Phi) is 3.10. The van der Waals surface area contributed by atoms with Crippen LogP contribution in [0.15, 0.2) is 0 Å². The summed E-state index contributed by atoms with van der Waals surface area (Å²) in [5, 5.41) is 0. The van der Waals surface area contributed by atoms with Crippen LogP contribution in [-0.2, 0) is 4.74 Å². The Morgan fingerprint density at radius 1 is 1.36 bits per heavy atom. The summed E-state index contributed by atoms with van der Waals surface area (Å²) in [4.78, 5) is 2.52. The molecule has 2 N–H and O–H groups in total. The van der Waals surface area contributed by atoms with Gasteiger partial charge in [0.2, 0.25) is 0 Å². The second-order valence-electron chi connectivity index (χ2n) is 5.07. The van der Waals surface area contributed by atoms with Gasteiger partial charge >= 0.3 is 0 Å². The lowest BCUT2D eigenvalue weighted by atomic mass is 9.80. The third kappa shape index (κ3) is 2.27. The van der Waals surface area contributed by atoms with Crippen molar-refractivity contribution in [1.29, 1.82) is 0 Å². The van der Waals surface area contributed by atoms with E-state index in [1.807, 2.05) is 0 Å². The van der Waals surface area contributed by atoms with E-state index in [1.165, 1.54) is 32.4 Å². The average Bonchev–Trinajstić information content (AvgIpc) is 2.49. The van der Waals surface area contributed by atoms with Crippen molar-refractivity contribution in [2.24, 2.45) is 11.1 Å². The second kappa shape index (κ2) is 4.17. The summed E-state index contributed by atoms with van der Waals surface area (Å²) in [6.45, 7) is 7.56. The third-order valence-corrected chi connectivity index (χ3v) is 3.62. The summed E-state index contributed by atoms with van der Waals surface area (Å²) in [7, 11) is 0. The lowest BCUT2D eigenvalue weighted by Gasteiger charge is -2.33. The van der Waals surface area contributed by atoms with Gasteiger partial charge in [-0.25, -0.2) is 0 Å². The quantitative estimate of drug-likeness (QED) is 0.714. The van der Waals surface area contributed by atoms with E-state index in [2.05, 4.69) is 11.8 Å². The summed E-state index contributed by atoms with van der Waals surface area (Å²) in [5.74, 6) is 0. The number of nitrogens with zero attached hydrogens (tertiary/aromatic N) is 1. The van der Waals surface area contributed by atoms with E-state index in [0.29, 0.717) is 11.5 Å². The highest BCUT2D eigenvalue weighted by molar-refractivity contribution is 4.91. The van der Waals surface area contributed by atoms with Gasteiger partial charge < -0.3 is 15.4 Å². The molecule has 1 unspecified atom stereocenters. The highest BCUT2D eigenvalue weighted by Gasteiger charge is 2.39. The van der Waals surface area contributed by atoms with Crippen molar-refractivity contribution in [1.82, 2.24) is 4.90 Å². The number of ether oxygens (including phenoxy) is 1. The zero-order valence-corrected chi connectivity index (χ0v) is 9.17. The molecule has 0 aromatic rings. The number of nitrogens with two attached hydrogens (primary N) is 1. The van der Waals surface area contributed by atoms with Gasteiger partial charge in [-0.1, -0.05) is 0 Å². The first-order chi connectivity index (χ1) is 6.70. The molecule has 0 bridgehead atoms. The maximum absolute atomic E-state index is 5.82. The molecule has 0 amide bonds. The van der Waals surface area contributed by atoms with Gasteiger partial charge in [-0.3, -0.25) is 0 Å². The molecule has 2 rings (SSSR count). The fourth-order valence-corrected chi connectivity index (χ4v) is 2.80. The topological polar surface area (TPSA) is 38.5 Å². The number of rotatable bonds is 2. The Labute approximate surface area is 86.6 Å². The first-order valence-corrected chi connectivity index (χ1v) is 5.76. The van der Waals surface area contributed by atoms with Gasteiger partial charge in [-0.2, -0.15) is 0 Å². The molecule has 1 atom stereocenters. The molecule has 3 nitrogen and oxygen atoms in total. The van der Waals surface area contributed by atoms with Gasteiger partial charge in [0.15, 0.2) is 0 Å². The smallest absolute Gasteiger partial charge is 0.0471 e. The third-order valence-electron chi connectivity index (χ3n) is 3.62. The monoisotopic (exact) mass is 198 g/mol. The zero-order chi connectivity index (χ0) is 10.0. The molecule has 2 aliphatic heterocycles. The fraction of sp³-hybridized carbons (Fsp3) is 1.00. The number of hydrogen-bond acceptors (Lipinski definition) is 3. The lowest BCUT2D eigenvalue weighted by Crippen LogP contribution is -2.37. The molecule has 2 heterocycles. The minimum Gasteiger partial charge on any atom is -0.381 e. The standard InChI is InChI=1S/C11H22N2O/c1-10(12)8-13-5-2-11(9-13)3-6-14-7-4-11/h10H,2-9,12H2,1H3. The van der Waals surface area contributed by atoms with Crippen LogP contribution in [0.3, 0.4) is 0 Å². The number of hydrogen-bond donors (Lipinski definition) is 1. The SMILES string of the molecule is CC(N)CN1CCC2(CCOCC2)C1. The molecule has 2 aliphatic rings. The Bertz CT molecular complexity index is 188. The highest BCUT2D eigenvalue weighted by Crippen LogP contribution is 2.39.